The van der Waals surface area contributed by atoms with Gasteiger partial charge in [-0.25, -0.2) is 0 Å². The van der Waals surface area contributed by atoms with E-state index in [9.17, 15) is 31.0 Å². The van der Waals surface area contributed by atoms with Crippen LogP contribution in [0.25, 0.3) is 21.5 Å². The minimum absolute atomic E-state index is 0.112. The summed E-state index contributed by atoms with van der Waals surface area (Å²) >= 11 is 0. The zero-order valence-corrected chi connectivity index (χ0v) is 17.7. The molecule has 164 valence electrons. The fourth-order valence-corrected chi connectivity index (χ4v) is 4.54. The van der Waals surface area contributed by atoms with Crippen LogP contribution in [0.15, 0.2) is 80.7 Å². The zero-order chi connectivity index (χ0) is 23.3. The van der Waals surface area contributed by atoms with E-state index in [1.807, 2.05) is 0 Å². The number of fused-ring (bicyclic) bond motifs is 2. The van der Waals surface area contributed by atoms with E-state index in [0.29, 0.717) is 5.39 Å². The minimum Gasteiger partial charge on any atom is -0.507 e. The summed E-state index contributed by atoms with van der Waals surface area (Å²) in [6.07, 6.45) is 0. The van der Waals surface area contributed by atoms with E-state index < -0.39 is 30.9 Å². The Kier molecular flexibility index (Phi) is 5.09. The molecule has 4 aromatic rings. The maximum atomic E-state index is 11.7. The molecule has 0 unspecified atom stereocenters. The molecule has 0 atom stereocenters. The Balaban J connectivity index is 1.86. The van der Waals surface area contributed by atoms with Crippen LogP contribution in [0.5, 0.6) is 5.75 Å². The summed E-state index contributed by atoms with van der Waals surface area (Å²) in [5.41, 5.74) is 6.44. The van der Waals surface area contributed by atoms with Crippen molar-refractivity contribution >= 4 is 58.8 Å². The van der Waals surface area contributed by atoms with E-state index in [1.54, 1.807) is 18.2 Å². The summed E-state index contributed by atoms with van der Waals surface area (Å²) in [5.74, 6) is -0.483. The van der Waals surface area contributed by atoms with Gasteiger partial charge >= 0.3 is 0 Å². The Hall–Kier alpha value is -3.58. The van der Waals surface area contributed by atoms with Gasteiger partial charge in [0.15, 0.2) is 0 Å². The number of aromatic hydroxyl groups is 1. The average Bonchev–Trinajstić information content (AvgIpc) is 2.71. The standard InChI is InChI=1S/C20H15N3O7S2/c21-16-6-7-17(20-15(16)9-13(10-18(20)24)31(25,26)27)23-22-12-5-4-11-2-1-3-19(14(11)8-12)32(28,29)30/h1-10,24H,21H2,(H,25,26,27)(H,28,29,30). The fraction of sp³-hybridized carbons (Fsp3) is 0. The monoisotopic (exact) mass is 473 g/mol. The van der Waals surface area contributed by atoms with Crippen molar-refractivity contribution in [2.45, 2.75) is 9.79 Å². The van der Waals surface area contributed by atoms with Crippen molar-refractivity contribution in [1.82, 2.24) is 0 Å². The molecule has 0 radical (unpaired) electrons. The third kappa shape index (κ3) is 3.99. The number of nitrogens with zero attached hydrogens (tertiary/aromatic N) is 2. The Morgan fingerprint density at radius 3 is 2.22 bits per heavy atom. The molecule has 0 amide bonds. The van der Waals surface area contributed by atoms with Crippen LogP contribution in [-0.2, 0) is 20.2 Å². The van der Waals surface area contributed by atoms with Gasteiger partial charge in [-0.1, -0.05) is 18.2 Å². The van der Waals surface area contributed by atoms with Crippen LogP contribution in [0.4, 0.5) is 17.1 Å². The molecule has 0 spiro atoms. The maximum absolute atomic E-state index is 11.7. The third-order valence-electron chi connectivity index (χ3n) is 4.75. The molecular weight excluding hydrogens is 458 g/mol. The Morgan fingerprint density at radius 2 is 1.53 bits per heavy atom. The van der Waals surface area contributed by atoms with Crippen LogP contribution in [0.3, 0.4) is 0 Å². The van der Waals surface area contributed by atoms with E-state index in [1.165, 1.54) is 30.3 Å². The summed E-state index contributed by atoms with van der Waals surface area (Å²) in [7, 11) is -9.04. The lowest BCUT2D eigenvalue weighted by atomic mass is 10.1. The number of phenols is 1. The molecule has 0 aliphatic carbocycles. The summed E-state index contributed by atoms with van der Waals surface area (Å²) < 4.78 is 64.9. The van der Waals surface area contributed by atoms with Crippen molar-refractivity contribution < 1.29 is 31.0 Å². The van der Waals surface area contributed by atoms with Crippen LogP contribution in [-0.4, -0.2) is 31.0 Å². The molecule has 4 rings (SSSR count). The SMILES string of the molecule is Nc1ccc(N=Nc2ccc3cccc(S(=O)(=O)O)c3c2)c2c(O)cc(S(=O)(=O)O)cc12. The number of nitrogen functional groups attached to an aromatic ring is 1. The van der Waals surface area contributed by atoms with Crippen molar-refractivity contribution in [2.24, 2.45) is 10.2 Å². The normalized spacial score (nSPS) is 12.7. The van der Waals surface area contributed by atoms with Gasteiger partial charge in [0.05, 0.1) is 21.7 Å². The van der Waals surface area contributed by atoms with E-state index in [4.69, 9.17) is 5.73 Å². The molecule has 5 N–H and O–H groups in total. The van der Waals surface area contributed by atoms with E-state index in [0.717, 1.165) is 12.1 Å². The molecule has 0 saturated carbocycles. The first-order valence-corrected chi connectivity index (χ1v) is 11.8. The molecule has 0 bridgehead atoms. The van der Waals surface area contributed by atoms with Gasteiger partial charge < -0.3 is 10.8 Å². The average molecular weight is 473 g/mol. The minimum atomic E-state index is -4.58. The van der Waals surface area contributed by atoms with Gasteiger partial charge in [-0.3, -0.25) is 9.11 Å². The fourth-order valence-electron chi connectivity index (χ4n) is 3.30. The van der Waals surface area contributed by atoms with Gasteiger partial charge in [-0.2, -0.15) is 21.9 Å². The van der Waals surface area contributed by atoms with Gasteiger partial charge in [0.2, 0.25) is 0 Å². The van der Waals surface area contributed by atoms with E-state index in [-0.39, 0.29) is 38.1 Å². The molecular formula is C20H15N3O7S2. The van der Waals surface area contributed by atoms with Crippen molar-refractivity contribution in [3.63, 3.8) is 0 Å². The molecule has 0 heterocycles. The highest BCUT2D eigenvalue weighted by atomic mass is 32.2. The van der Waals surface area contributed by atoms with Crippen molar-refractivity contribution in [3.8, 4) is 5.75 Å². The van der Waals surface area contributed by atoms with E-state index >= 15 is 0 Å². The Labute approximate surface area is 182 Å². The molecule has 12 heteroatoms. The van der Waals surface area contributed by atoms with Crippen LogP contribution in [0, 0.1) is 0 Å². The topological polar surface area (TPSA) is 180 Å². The molecule has 0 aromatic heterocycles. The number of hydrogen-bond acceptors (Lipinski definition) is 8. The number of hydrogen-bond donors (Lipinski definition) is 4. The number of azo groups is 1. The molecule has 4 aromatic carbocycles. The highest BCUT2D eigenvalue weighted by Crippen LogP contribution is 2.39. The smallest absolute Gasteiger partial charge is 0.295 e. The largest absolute Gasteiger partial charge is 0.507 e. The van der Waals surface area contributed by atoms with Crippen LogP contribution in [0.2, 0.25) is 0 Å². The number of benzene rings is 4. The lowest BCUT2D eigenvalue weighted by molar-refractivity contribution is 0.471. The van der Waals surface area contributed by atoms with Crippen LogP contribution >= 0.6 is 0 Å². The van der Waals surface area contributed by atoms with Gasteiger partial charge in [0.25, 0.3) is 20.2 Å². The predicted octanol–water partition coefficient (Wildman–Crippen LogP) is 4.19. The molecule has 32 heavy (non-hydrogen) atoms. The molecule has 10 nitrogen and oxygen atoms in total. The maximum Gasteiger partial charge on any atom is 0.295 e. The summed E-state index contributed by atoms with van der Waals surface area (Å²) in [6, 6.07) is 13.9. The summed E-state index contributed by atoms with van der Waals surface area (Å²) in [5, 5.41) is 19.6. The van der Waals surface area contributed by atoms with Crippen LogP contribution in [0.1, 0.15) is 0 Å². The third-order valence-corrected chi connectivity index (χ3v) is 6.50. The number of nitrogens with two attached hydrogens (primary N) is 1. The van der Waals surface area contributed by atoms with Crippen molar-refractivity contribution in [1.29, 1.82) is 0 Å². The number of anilines is 1. The summed E-state index contributed by atoms with van der Waals surface area (Å²) in [4.78, 5) is -0.809. The molecule has 0 saturated heterocycles. The highest BCUT2D eigenvalue weighted by molar-refractivity contribution is 7.86. The summed E-state index contributed by atoms with van der Waals surface area (Å²) in [6.45, 7) is 0. The van der Waals surface area contributed by atoms with Crippen LogP contribution < -0.4 is 5.73 Å². The predicted molar refractivity (Wildman–Crippen MR) is 118 cm³/mol. The van der Waals surface area contributed by atoms with Gasteiger partial charge in [0, 0.05) is 22.5 Å². The number of phenolic OH excluding ortho intramolecular Hbond substituents is 1. The molecule has 0 fully saturated rings. The second-order valence-electron chi connectivity index (χ2n) is 6.85. The number of rotatable bonds is 4. The van der Waals surface area contributed by atoms with Gasteiger partial charge in [-0.15, -0.1) is 5.11 Å². The van der Waals surface area contributed by atoms with E-state index in [2.05, 4.69) is 10.2 Å². The van der Waals surface area contributed by atoms with Crippen molar-refractivity contribution in [2.75, 3.05) is 5.73 Å². The first-order valence-electron chi connectivity index (χ1n) is 8.90. The molecule has 0 aliphatic rings. The Morgan fingerprint density at radius 1 is 0.781 bits per heavy atom. The lowest BCUT2D eigenvalue weighted by Crippen LogP contribution is -1.98. The quantitative estimate of drug-likeness (QED) is 0.193. The Bertz CT molecular complexity index is 1650. The van der Waals surface area contributed by atoms with Crippen molar-refractivity contribution in [3.05, 3.63) is 60.7 Å². The first kappa shape index (κ1) is 21.6. The second kappa shape index (κ2) is 7.53. The molecule has 0 aliphatic heterocycles. The van der Waals surface area contributed by atoms with Gasteiger partial charge in [0.1, 0.15) is 10.6 Å². The first-order chi connectivity index (χ1) is 14.9. The highest BCUT2D eigenvalue weighted by Gasteiger charge is 2.17. The second-order valence-corrected chi connectivity index (χ2v) is 9.66. The van der Waals surface area contributed by atoms with Gasteiger partial charge in [-0.05, 0) is 41.8 Å². The lowest BCUT2D eigenvalue weighted by Gasteiger charge is -2.09. The zero-order valence-electron chi connectivity index (χ0n) is 16.0.